The Kier molecular flexibility index (Phi) is 7.01. The molecule has 1 fully saturated rings. The van der Waals surface area contributed by atoms with Gasteiger partial charge in [-0.15, -0.1) is 0 Å². The van der Waals surface area contributed by atoms with Crippen molar-refractivity contribution in [1.29, 1.82) is 0 Å². The minimum absolute atomic E-state index is 0.359. The number of hydrogen-bond donors (Lipinski definition) is 1. The zero-order valence-electron chi connectivity index (χ0n) is 11.0. The summed E-state index contributed by atoms with van der Waals surface area (Å²) < 4.78 is 5.70. The second-order valence-electron chi connectivity index (χ2n) is 4.99. The van der Waals surface area contributed by atoms with E-state index in [0.717, 1.165) is 19.6 Å². The molecule has 0 aromatic carbocycles. The van der Waals surface area contributed by atoms with Gasteiger partial charge in [0.2, 0.25) is 0 Å². The molecule has 0 aromatic heterocycles. The first-order valence-electron chi connectivity index (χ1n) is 6.82. The highest BCUT2D eigenvalue weighted by Crippen LogP contribution is 2.14. The first-order chi connectivity index (χ1) is 7.72. The van der Waals surface area contributed by atoms with Crippen molar-refractivity contribution < 1.29 is 4.74 Å². The van der Waals surface area contributed by atoms with Crippen LogP contribution < -0.4 is 5.73 Å². The molecule has 1 aliphatic rings. The molecule has 1 rings (SSSR count). The molecule has 1 saturated heterocycles. The summed E-state index contributed by atoms with van der Waals surface area (Å²) in [6.45, 7) is 8.63. The van der Waals surface area contributed by atoms with Gasteiger partial charge in [-0.2, -0.15) is 0 Å². The van der Waals surface area contributed by atoms with Gasteiger partial charge in [-0.3, -0.25) is 0 Å². The van der Waals surface area contributed by atoms with Crippen LogP contribution in [0.2, 0.25) is 0 Å². The fraction of sp³-hybridized carbons (Fsp3) is 1.00. The summed E-state index contributed by atoms with van der Waals surface area (Å²) in [5, 5.41) is 0. The second-order valence-corrected chi connectivity index (χ2v) is 4.99. The van der Waals surface area contributed by atoms with E-state index in [1.165, 1.54) is 38.8 Å². The molecule has 0 aliphatic carbocycles. The van der Waals surface area contributed by atoms with Crippen LogP contribution >= 0.6 is 0 Å². The fourth-order valence-electron chi connectivity index (χ4n) is 2.39. The molecule has 0 saturated carbocycles. The van der Waals surface area contributed by atoms with Gasteiger partial charge in [0.25, 0.3) is 0 Å². The maximum atomic E-state index is 5.74. The van der Waals surface area contributed by atoms with Crippen LogP contribution in [0.25, 0.3) is 0 Å². The first kappa shape index (κ1) is 13.9. The van der Waals surface area contributed by atoms with Crippen LogP contribution in [0.15, 0.2) is 0 Å². The molecule has 2 unspecified atom stereocenters. The number of nitrogens with two attached hydrogens (primary N) is 1. The van der Waals surface area contributed by atoms with Crippen LogP contribution in [0.3, 0.4) is 0 Å². The average molecular weight is 228 g/mol. The zero-order chi connectivity index (χ0) is 11.8. The summed E-state index contributed by atoms with van der Waals surface area (Å²) in [5.74, 6) is 0. The van der Waals surface area contributed by atoms with Crippen molar-refractivity contribution in [2.45, 2.75) is 58.1 Å². The lowest BCUT2D eigenvalue weighted by atomic mass is 10.1. The third kappa shape index (κ3) is 5.83. The van der Waals surface area contributed by atoms with Gasteiger partial charge in [-0.1, -0.05) is 6.42 Å². The molecular weight excluding hydrogens is 200 g/mol. The highest BCUT2D eigenvalue weighted by Gasteiger charge is 2.19. The number of ether oxygens (including phenoxy) is 1. The number of likely N-dealkylation sites (tertiary alicyclic amines) is 1. The SMILES string of the molecule is CCOC1CCCN(CCCCC(C)N)C1. The number of rotatable bonds is 7. The van der Waals surface area contributed by atoms with Crippen LogP contribution in [0.1, 0.15) is 46.0 Å². The summed E-state index contributed by atoms with van der Waals surface area (Å²) >= 11 is 0. The predicted octanol–water partition coefficient (Wildman–Crippen LogP) is 2.00. The molecule has 0 spiro atoms. The van der Waals surface area contributed by atoms with E-state index in [4.69, 9.17) is 10.5 Å². The number of unbranched alkanes of at least 4 members (excludes halogenated alkanes) is 1. The van der Waals surface area contributed by atoms with Crippen molar-refractivity contribution in [2.75, 3.05) is 26.2 Å². The predicted molar refractivity (Wildman–Crippen MR) is 68.6 cm³/mol. The van der Waals surface area contributed by atoms with Crippen LogP contribution in [-0.4, -0.2) is 43.3 Å². The topological polar surface area (TPSA) is 38.5 Å². The highest BCUT2D eigenvalue weighted by atomic mass is 16.5. The molecule has 1 aliphatic heterocycles. The molecular formula is C13H28N2O. The van der Waals surface area contributed by atoms with E-state index in [-0.39, 0.29) is 0 Å². The van der Waals surface area contributed by atoms with Crippen molar-refractivity contribution in [1.82, 2.24) is 4.90 Å². The first-order valence-corrected chi connectivity index (χ1v) is 6.82. The summed E-state index contributed by atoms with van der Waals surface area (Å²) in [7, 11) is 0. The fourth-order valence-corrected chi connectivity index (χ4v) is 2.39. The summed E-state index contributed by atoms with van der Waals surface area (Å²) in [6, 6.07) is 0.359. The van der Waals surface area contributed by atoms with Gasteiger partial charge in [-0.25, -0.2) is 0 Å². The quantitative estimate of drug-likeness (QED) is 0.677. The van der Waals surface area contributed by atoms with Gasteiger partial charge in [0, 0.05) is 19.2 Å². The van der Waals surface area contributed by atoms with E-state index in [2.05, 4.69) is 18.7 Å². The Balaban J connectivity index is 2.07. The summed E-state index contributed by atoms with van der Waals surface area (Å²) in [4.78, 5) is 2.55. The Labute approximate surface area is 100 Å². The maximum absolute atomic E-state index is 5.74. The van der Waals surface area contributed by atoms with E-state index < -0.39 is 0 Å². The largest absolute Gasteiger partial charge is 0.377 e. The molecule has 3 heteroatoms. The third-order valence-corrected chi connectivity index (χ3v) is 3.25. The van der Waals surface area contributed by atoms with Crippen molar-refractivity contribution in [3.05, 3.63) is 0 Å². The molecule has 16 heavy (non-hydrogen) atoms. The zero-order valence-corrected chi connectivity index (χ0v) is 11.0. The van der Waals surface area contributed by atoms with Crippen LogP contribution in [0, 0.1) is 0 Å². The van der Waals surface area contributed by atoms with Gasteiger partial charge < -0.3 is 15.4 Å². The number of hydrogen-bond acceptors (Lipinski definition) is 3. The highest BCUT2D eigenvalue weighted by molar-refractivity contribution is 4.73. The Hall–Kier alpha value is -0.120. The molecule has 0 bridgehead atoms. The Bertz CT molecular complexity index is 171. The van der Waals surface area contributed by atoms with Crippen LogP contribution in [0.5, 0.6) is 0 Å². The monoisotopic (exact) mass is 228 g/mol. The molecule has 1 heterocycles. The number of piperidine rings is 1. The lowest BCUT2D eigenvalue weighted by Crippen LogP contribution is -2.40. The van der Waals surface area contributed by atoms with Crippen molar-refractivity contribution in [2.24, 2.45) is 5.73 Å². The molecule has 2 N–H and O–H groups in total. The minimum atomic E-state index is 0.359. The third-order valence-electron chi connectivity index (χ3n) is 3.25. The van der Waals surface area contributed by atoms with Crippen LogP contribution in [0.4, 0.5) is 0 Å². The molecule has 2 atom stereocenters. The molecule has 0 radical (unpaired) electrons. The van der Waals surface area contributed by atoms with Gasteiger partial charge in [-0.05, 0) is 52.6 Å². The molecule has 96 valence electrons. The van der Waals surface area contributed by atoms with Crippen molar-refractivity contribution in [3.63, 3.8) is 0 Å². The summed E-state index contributed by atoms with van der Waals surface area (Å²) in [5.41, 5.74) is 5.74. The Morgan fingerprint density at radius 2 is 2.25 bits per heavy atom. The van der Waals surface area contributed by atoms with Crippen LogP contribution in [-0.2, 0) is 4.74 Å². The van der Waals surface area contributed by atoms with Gasteiger partial charge >= 0.3 is 0 Å². The van der Waals surface area contributed by atoms with E-state index in [1.807, 2.05) is 0 Å². The lowest BCUT2D eigenvalue weighted by Gasteiger charge is -2.32. The second kappa shape index (κ2) is 8.04. The van der Waals surface area contributed by atoms with Crippen molar-refractivity contribution in [3.8, 4) is 0 Å². The minimum Gasteiger partial charge on any atom is -0.377 e. The normalized spacial score (nSPS) is 24.6. The van der Waals surface area contributed by atoms with E-state index in [0.29, 0.717) is 12.1 Å². The van der Waals surface area contributed by atoms with Gasteiger partial charge in [0.1, 0.15) is 0 Å². The summed E-state index contributed by atoms with van der Waals surface area (Å²) in [6.07, 6.45) is 6.70. The standard InChI is InChI=1S/C13H28N2O/c1-3-16-13-8-6-10-15(11-13)9-5-4-7-12(2)14/h12-13H,3-11,14H2,1-2H3. The Morgan fingerprint density at radius 3 is 2.94 bits per heavy atom. The van der Waals surface area contributed by atoms with Crippen molar-refractivity contribution >= 4 is 0 Å². The Morgan fingerprint density at radius 1 is 1.44 bits per heavy atom. The van der Waals surface area contributed by atoms with E-state index in [1.54, 1.807) is 0 Å². The molecule has 0 amide bonds. The van der Waals surface area contributed by atoms with E-state index in [9.17, 15) is 0 Å². The average Bonchev–Trinajstić information content (AvgIpc) is 2.25. The molecule has 0 aromatic rings. The smallest absolute Gasteiger partial charge is 0.0702 e. The lowest BCUT2D eigenvalue weighted by molar-refractivity contribution is 0.00557. The van der Waals surface area contributed by atoms with Gasteiger partial charge in [0.15, 0.2) is 0 Å². The maximum Gasteiger partial charge on any atom is 0.0702 e. The van der Waals surface area contributed by atoms with E-state index >= 15 is 0 Å². The molecule has 3 nitrogen and oxygen atoms in total. The number of nitrogens with zero attached hydrogens (tertiary/aromatic N) is 1. The van der Waals surface area contributed by atoms with Gasteiger partial charge in [0.05, 0.1) is 6.10 Å².